The number of urea groups is 1. The normalized spacial score (nSPS) is 14.4. The summed E-state index contributed by atoms with van der Waals surface area (Å²) in [5.74, 6) is 0.00329. The summed E-state index contributed by atoms with van der Waals surface area (Å²) in [6.45, 7) is 3.40. The number of nitrogens with one attached hydrogen (secondary N) is 3. The minimum Gasteiger partial charge on any atom is -0.493 e. The summed E-state index contributed by atoms with van der Waals surface area (Å²) < 4.78 is 23.8. The zero-order valence-corrected chi connectivity index (χ0v) is 28.3. The molecule has 0 fully saturated rings. The van der Waals surface area contributed by atoms with Gasteiger partial charge in [0.2, 0.25) is 0 Å². The van der Waals surface area contributed by atoms with E-state index in [0.29, 0.717) is 32.1 Å². The van der Waals surface area contributed by atoms with Crippen molar-refractivity contribution >= 4 is 67.6 Å². The van der Waals surface area contributed by atoms with Crippen LogP contribution >= 0.6 is 43.5 Å². The highest BCUT2D eigenvalue weighted by molar-refractivity contribution is 9.11. The van der Waals surface area contributed by atoms with Crippen molar-refractivity contribution in [2.45, 2.75) is 26.5 Å². The Labute approximate surface area is 281 Å². The van der Waals surface area contributed by atoms with Crippen molar-refractivity contribution in [2.75, 3.05) is 20.3 Å². The van der Waals surface area contributed by atoms with Crippen LogP contribution in [0.2, 0.25) is 5.02 Å². The molecule has 3 aromatic carbocycles. The lowest BCUT2D eigenvalue weighted by molar-refractivity contribution is -0.139. The monoisotopic (exact) mass is 762 g/mol. The second-order valence-corrected chi connectivity index (χ2v) is 11.7. The quantitative estimate of drug-likeness (QED) is 0.114. The van der Waals surface area contributed by atoms with E-state index in [2.05, 4.69) is 53.0 Å². The van der Waals surface area contributed by atoms with Gasteiger partial charge in [0.25, 0.3) is 5.91 Å². The summed E-state index contributed by atoms with van der Waals surface area (Å²) in [6.07, 6.45) is 1.46. The van der Waals surface area contributed by atoms with Gasteiger partial charge in [-0.1, -0.05) is 45.7 Å². The van der Waals surface area contributed by atoms with Gasteiger partial charge in [-0.05, 0) is 77.3 Å². The van der Waals surface area contributed by atoms with Gasteiger partial charge in [0.1, 0.15) is 12.4 Å². The number of hydrogen-bond acceptors (Lipinski definition) is 8. The van der Waals surface area contributed by atoms with Crippen molar-refractivity contribution in [3.05, 3.63) is 96.5 Å². The number of ether oxygens (including phenoxy) is 4. The molecule has 14 heteroatoms. The minimum absolute atomic E-state index is 0.178. The molecule has 0 spiro atoms. The number of halogens is 3. The van der Waals surface area contributed by atoms with Crippen LogP contribution in [0.25, 0.3) is 0 Å². The number of allylic oxidation sites excluding steroid dienone is 1. The van der Waals surface area contributed by atoms with Gasteiger partial charge in [0.15, 0.2) is 18.1 Å². The summed E-state index contributed by atoms with van der Waals surface area (Å²) >= 11 is 13.1. The maximum atomic E-state index is 12.6. The van der Waals surface area contributed by atoms with Gasteiger partial charge in [0.05, 0.1) is 36.0 Å². The van der Waals surface area contributed by atoms with E-state index < -0.39 is 23.9 Å². The van der Waals surface area contributed by atoms with Crippen LogP contribution in [0, 0.1) is 0 Å². The van der Waals surface area contributed by atoms with Crippen molar-refractivity contribution in [3.8, 4) is 17.2 Å². The minimum atomic E-state index is -0.782. The standard InChI is InChI=1S/C31H29Br2ClN4O7/c1-4-43-30(40)27-17(2)36-31(41)37-28(27)19-8-9-24(25(12-19)42-3)44-16-26(39)38-35-14-20-11-21(32)13-23(33)29(20)45-15-18-6-5-7-22(34)10-18/h5-14,28H,4,15-16H2,1-3H3,(H,38,39)(H2,36,37,41)/b35-14+/t28-/m1/s1. The zero-order valence-electron chi connectivity index (χ0n) is 24.4. The number of esters is 1. The average molecular weight is 765 g/mol. The number of rotatable bonds is 12. The van der Waals surface area contributed by atoms with Gasteiger partial charge in [-0.25, -0.2) is 15.0 Å². The number of nitrogens with zero attached hydrogens (tertiary/aromatic N) is 1. The van der Waals surface area contributed by atoms with E-state index in [1.54, 1.807) is 44.2 Å². The number of methoxy groups -OCH3 is 1. The third kappa shape index (κ3) is 8.99. The number of carbonyl (C=O) groups excluding carboxylic acids is 3. The maximum Gasteiger partial charge on any atom is 0.338 e. The van der Waals surface area contributed by atoms with Crippen molar-refractivity contribution in [1.29, 1.82) is 0 Å². The second-order valence-electron chi connectivity index (χ2n) is 9.51. The number of benzene rings is 3. The van der Waals surface area contributed by atoms with Crippen LogP contribution < -0.4 is 30.3 Å². The van der Waals surface area contributed by atoms with Crippen molar-refractivity contribution in [1.82, 2.24) is 16.1 Å². The molecule has 3 aromatic rings. The van der Waals surface area contributed by atoms with Crippen LogP contribution in [0.3, 0.4) is 0 Å². The van der Waals surface area contributed by atoms with Crippen molar-refractivity contribution in [2.24, 2.45) is 5.10 Å². The molecule has 236 valence electrons. The fourth-order valence-electron chi connectivity index (χ4n) is 4.37. The molecule has 0 radical (unpaired) electrons. The molecule has 0 unspecified atom stereocenters. The van der Waals surface area contributed by atoms with Crippen LogP contribution in [0.4, 0.5) is 4.79 Å². The fraction of sp³-hybridized carbons (Fsp3) is 0.226. The molecule has 1 aliphatic rings. The highest BCUT2D eigenvalue weighted by atomic mass is 79.9. The molecule has 0 saturated carbocycles. The largest absolute Gasteiger partial charge is 0.493 e. The summed E-state index contributed by atoms with van der Waals surface area (Å²) in [5.41, 5.74) is 5.13. The number of amides is 3. The second kappa shape index (κ2) is 15.8. The molecule has 11 nitrogen and oxygen atoms in total. The molecule has 3 N–H and O–H groups in total. The Morgan fingerprint density at radius 1 is 1.09 bits per heavy atom. The van der Waals surface area contributed by atoms with E-state index in [1.165, 1.54) is 13.3 Å². The Balaban J connectivity index is 1.41. The molecular weight excluding hydrogens is 736 g/mol. The number of carbonyl (C=O) groups is 3. The van der Waals surface area contributed by atoms with Crippen LogP contribution in [-0.4, -0.2) is 44.4 Å². The summed E-state index contributed by atoms with van der Waals surface area (Å²) in [5, 5.41) is 10.00. The molecule has 3 amide bonds. The predicted molar refractivity (Wildman–Crippen MR) is 176 cm³/mol. The van der Waals surface area contributed by atoms with Gasteiger partial charge in [0, 0.05) is 20.8 Å². The lowest BCUT2D eigenvalue weighted by atomic mass is 9.95. The van der Waals surface area contributed by atoms with Crippen LogP contribution in [-0.2, 0) is 20.9 Å². The number of hydrazone groups is 1. The Bertz CT molecular complexity index is 1660. The maximum absolute atomic E-state index is 12.6. The predicted octanol–water partition coefficient (Wildman–Crippen LogP) is 6.17. The van der Waals surface area contributed by atoms with E-state index in [0.717, 1.165) is 10.0 Å². The van der Waals surface area contributed by atoms with Gasteiger partial charge >= 0.3 is 12.0 Å². The van der Waals surface area contributed by atoms with Crippen LogP contribution in [0.5, 0.6) is 17.2 Å². The highest BCUT2D eigenvalue weighted by Crippen LogP contribution is 2.35. The van der Waals surface area contributed by atoms with Gasteiger partial charge < -0.3 is 29.6 Å². The molecule has 1 aliphatic heterocycles. The van der Waals surface area contributed by atoms with E-state index in [-0.39, 0.29) is 36.9 Å². The molecule has 1 atom stereocenters. The van der Waals surface area contributed by atoms with Crippen molar-refractivity contribution < 1.29 is 33.3 Å². The SMILES string of the molecule is CCOC(=O)C1=C(C)NC(=O)N[C@@H]1c1ccc(OCC(=O)N/N=C/c2cc(Br)cc(Br)c2OCc2cccc(Cl)c2)c(OC)c1. The Hall–Kier alpha value is -4.07. The fourth-order valence-corrected chi connectivity index (χ4v) is 5.95. The zero-order chi connectivity index (χ0) is 32.5. The van der Waals surface area contributed by atoms with Crippen LogP contribution in [0.15, 0.2) is 79.9 Å². The molecule has 0 aliphatic carbocycles. The molecule has 45 heavy (non-hydrogen) atoms. The first-order chi connectivity index (χ1) is 21.6. The van der Waals surface area contributed by atoms with E-state index >= 15 is 0 Å². The Morgan fingerprint density at radius 3 is 2.62 bits per heavy atom. The molecular formula is C31H29Br2ClN4O7. The summed E-state index contributed by atoms with van der Waals surface area (Å²) in [7, 11) is 1.44. The van der Waals surface area contributed by atoms with Crippen LogP contribution in [0.1, 0.15) is 36.6 Å². The lowest BCUT2D eigenvalue weighted by Gasteiger charge is -2.28. The first kappa shape index (κ1) is 33.8. The first-order valence-corrected chi connectivity index (χ1v) is 15.5. The summed E-state index contributed by atoms with van der Waals surface area (Å²) in [6, 6.07) is 14.6. The lowest BCUT2D eigenvalue weighted by Crippen LogP contribution is -2.45. The van der Waals surface area contributed by atoms with E-state index in [1.807, 2.05) is 24.3 Å². The third-order valence-electron chi connectivity index (χ3n) is 6.35. The third-order valence-corrected chi connectivity index (χ3v) is 7.63. The van der Waals surface area contributed by atoms with E-state index in [4.69, 9.17) is 30.5 Å². The smallest absolute Gasteiger partial charge is 0.338 e. The molecule has 0 aromatic heterocycles. The molecule has 0 saturated heterocycles. The average Bonchev–Trinajstić information content (AvgIpc) is 2.99. The number of hydrogen-bond donors (Lipinski definition) is 3. The molecule has 1 heterocycles. The molecule has 4 rings (SSSR count). The van der Waals surface area contributed by atoms with Gasteiger partial charge in [-0.2, -0.15) is 5.10 Å². The Morgan fingerprint density at radius 2 is 1.89 bits per heavy atom. The highest BCUT2D eigenvalue weighted by Gasteiger charge is 2.32. The molecule has 0 bridgehead atoms. The van der Waals surface area contributed by atoms with Gasteiger partial charge in [-0.15, -0.1) is 0 Å². The van der Waals surface area contributed by atoms with Gasteiger partial charge in [-0.3, -0.25) is 4.79 Å². The Kier molecular flexibility index (Phi) is 11.9. The first-order valence-electron chi connectivity index (χ1n) is 13.5. The van der Waals surface area contributed by atoms with Crippen molar-refractivity contribution in [3.63, 3.8) is 0 Å². The van der Waals surface area contributed by atoms with E-state index in [9.17, 15) is 14.4 Å². The topological polar surface area (TPSA) is 137 Å². The summed E-state index contributed by atoms with van der Waals surface area (Å²) in [4.78, 5) is 37.4.